The normalized spacial score (nSPS) is 11.3. The smallest absolute Gasteiger partial charge is 0.137 e. The second-order valence-electron chi connectivity index (χ2n) is 3.54. The highest BCUT2D eigenvalue weighted by atomic mass is 14.9. The molecule has 1 N–H and O–H groups in total. The number of nitrogens with zero attached hydrogens (tertiary/aromatic N) is 1. The fourth-order valence-corrected chi connectivity index (χ4v) is 1.90. The van der Waals surface area contributed by atoms with Crippen molar-refractivity contribution in [1.29, 1.82) is 0 Å². The molecular formula is C13H14N2. The lowest BCUT2D eigenvalue weighted by Crippen LogP contribution is -1.75. The standard InChI is InChI=1S/C13H14N2/c1-4-6-10-12-9(2)7-5-8-11(12)15-13(10)14-3/h4-8,15H,3H2,1-2H3/b6-4-. The number of fused-ring (bicyclic) bond motifs is 1. The third-order valence-corrected chi connectivity index (χ3v) is 2.54. The fourth-order valence-electron chi connectivity index (χ4n) is 1.90. The van der Waals surface area contributed by atoms with E-state index in [1.165, 1.54) is 10.9 Å². The SMILES string of the molecule is C=Nc1[nH]c2cccc(C)c2c1/C=C\C. The maximum Gasteiger partial charge on any atom is 0.137 e. The van der Waals surface area contributed by atoms with Gasteiger partial charge in [0.1, 0.15) is 5.82 Å². The zero-order valence-electron chi connectivity index (χ0n) is 9.04. The average molecular weight is 198 g/mol. The van der Waals surface area contributed by atoms with E-state index in [0.29, 0.717) is 0 Å². The summed E-state index contributed by atoms with van der Waals surface area (Å²) in [5, 5.41) is 1.23. The molecule has 0 fully saturated rings. The van der Waals surface area contributed by atoms with Crippen LogP contribution in [0.4, 0.5) is 5.82 Å². The molecule has 0 atom stereocenters. The number of aromatic amines is 1. The first-order valence-corrected chi connectivity index (χ1v) is 4.98. The molecule has 76 valence electrons. The predicted molar refractivity (Wildman–Crippen MR) is 67.0 cm³/mol. The number of hydrogen-bond donors (Lipinski definition) is 1. The minimum atomic E-state index is 0.845. The van der Waals surface area contributed by atoms with Crippen molar-refractivity contribution in [2.45, 2.75) is 13.8 Å². The minimum absolute atomic E-state index is 0.845. The summed E-state index contributed by atoms with van der Waals surface area (Å²) in [6.45, 7) is 7.69. The van der Waals surface area contributed by atoms with E-state index in [4.69, 9.17) is 0 Å². The van der Waals surface area contributed by atoms with Gasteiger partial charge in [0.15, 0.2) is 0 Å². The van der Waals surface area contributed by atoms with Gasteiger partial charge < -0.3 is 4.98 Å². The molecule has 0 saturated heterocycles. The Kier molecular flexibility index (Phi) is 2.42. The van der Waals surface area contributed by atoms with E-state index in [-0.39, 0.29) is 0 Å². The van der Waals surface area contributed by atoms with E-state index >= 15 is 0 Å². The van der Waals surface area contributed by atoms with Crippen LogP contribution < -0.4 is 0 Å². The lowest BCUT2D eigenvalue weighted by atomic mass is 10.1. The Bertz CT molecular complexity index is 533. The first-order valence-electron chi connectivity index (χ1n) is 4.98. The molecule has 0 spiro atoms. The van der Waals surface area contributed by atoms with Crippen LogP contribution in [0, 0.1) is 6.92 Å². The van der Waals surface area contributed by atoms with Crippen LogP contribution in [-0.2, 0) is 0 Å². The van der Waals surface area contributed by atoms with Gasteiger partial charge in [-0.15, -0.1) is 0 Å². The fraction of sp³-hybridized carbons (Fsp3) is 0.154. The van der Waals surface area contributed by atoms with Crippen LogP contribution in [0.1, 0.15) is 18.1 Å². The summed E-state index contributed by atoms with van der Waals surface area (Å²) in [5.41, 5.74) is 3.50. The van der Waals surface area contributed by atoms with E-state index in [0.717, 1.165) is 16.9 Å². The summed E-state index contributed by atoms with van der Waals surface area (Å²) < 4.78 is 0. The second-order valence-corrected chi connectivity index (χ2v) is 3.54. The molecule has 15 heavy (non-hydrogen) atoms. The number of hydrogen-bond acceptors (Lipinski definition) is 1. The molecule has 0 amide bonds. The van der Waals surface area contributed by atoms with Crippen molar-refractivity contribution in [3.8, 4) is 0 Å². The van der Waals surface area contributed by atoms with Crippen LogP contribution in [0.5, 0.6) is 0 Å². The van der Waals surface area contributed by atoms with Gasteiger partial charge in [0.2, 0.25) is 0 Å². The molecule has 1 aromatic heterocycles. The van der Waals surface area contributed by atoms with Gasteiger partial charge in [0.05, 0.1) is 0 Å². The van der Waals surface area contributed by atoms with Gasteiger partial charge in [-0.2, -0.15) is 0 Å². The first kappa shape index (κ1) is 9.71. The average Bonchev–Trinajstić information content (AvgIpc) is 2.58. The molecule has 1 heterocycles. The monoisotopic (exact) mass is 198 g/mol. The molecule has 2 nitrogen and oxygen atoms in total. The zero-order valence-corrected chi connectivity index (χ0v) is 9.04. The molecule has 0 aliphatic heterocycles. The topological polar surface area (TPSA) is 28.1 Å². The molecule has 0 aliphatic rings. The van der Waals surface area contributed by atoms with Crippen molar-refractivity contribution < 1.29 is 0 Å². The Labute approximate surface area is 89.4 Å². The first-order chi connectivity index (χ1) is 7.27. The summed E-state index contributed by atoms with van der Waals surface area (Å²) in [7, 11) is 0. The van der Waals surface area contributed by atoms with Gasteiger partial charge in [-0.1, -0.05) is 24.3 Å². The highest BCUT2D eigenvalue weighted by molar-refractivity contribution is 5.96. The molecule has 2 rings (SSSR count). The number of H-pyrrole nitrogens is 1. The summed E-state index contributed by atoms with van der Waals surface area (Å²) in [5.74, 6) is 0.845. The lowest BCUT2D eigenvalue weighted by Gasteiger charge is -1.97. The molecule has 0 saturated carbocycles. The van der Waals surface area contributed by atoms with Crippen molar-refractivity contribution >= 4 is 29.5 Å². The number of aliphatic imine (C=N–C) groups is 1. The van der Waals surface area contributed by atoms with Crippen LogP contribution in [0.2, 0.25) is 0 Å². The summed E-state index contributed by atoms with van der Waals surface area (Å²) in [6.07, 6.45) is 4.08. The van der Waals surface area contributed by atoms with Crippen molar-refractivity contribution in [2.75, 3.05) is 0 Å². The van der Waals surface area contributed by atoms with Gasteiger partial charge in [0, 0.05) is 16.5 Å². The van der Waals surface area contributed by atoms with Crippen LogP contribution >= 0.6 is 0 Å². The number of benzene rings is 1. The largest absolute Gasteiger partial charge is 0.339 e. The van der Waals surface area contributed by atoms with Crippen LogP contribution in [-0.4, -0.2) is 11.7 Å². The molecule has 0 radical (unpaired) electrons. The molecular weight excluding hydrogens is 184 g/mol. The number of nitrogens with one attached hydrogen (secondary N) is 1. The maximum atomic E-state index is 4.01. The Morgan fingerprint density at radius 3 is 2.87 bits per heavy atom. The Balaban J connectivity index is 2.88. The molecule has 2 heteroatoms. The second kappa shape index (κ2) is 3.73. The van der Waals surface area contributed by atoms with Gasteiger partial charge in [0.25, 0.3) is 0 Å². The van der Waals surface area contributed by atoms with Crippen molar-refractivity contribution in [3.05, 3.63) is 35.4 Å². The zero-order chi connectivity index (χ0) is 10.8. The van der Waals surface area contributed by atoms with E-state index < -0.39 is 0 Å². The quantitative estimate of drug-likeness (QED) is 0.710. The molecule has 2 aromatic rings. The highest BCUT2D eigenvalue weighted by Crippen LogP contribution is 2.31. The number of rotatable bonds is 2. The molecule has 1 aromatic carbocycles. The Hall–Kier alpha value is -1.83. The third-order valence-electron chi connectivity index (χ3n) is 2.54. The van der Waals surface area contributed by atoms with E-state index in [9.17, 15) is 0 Å². The minimum Gasteiger partial charge on any atom is -0.339 e. The molecule has 0 unspecified atom stereocenters. The summed E-state index contributed by atoms with van der Waals surface area (Å²) >= 11 is 0. The molecule has 0 bridgehead atoms. The van der Waals surface area contributed by atoms with E-state index in [1.807, 2.05) is 19.1 Å². The third kappa shape index (κ3) is 1.48. The van der Waals surface area contributed by atoms with Crippen molar-refractivity contribution in [3.63, 3.8) is 0 Å². The van der Waals surface area contributed by atoms with E-state index in [1.54, 1.807) is 0 Å². The van der Waals surface area contributed by atoms with Crippen LogP contribution in [0.25, 0.3) is 17.0 Å². The maximum absolute atomic E-state index is 4.01. The Morgan fingerprint density at radius 1 is 1.40 bits per heavy atom. The number of allylic oxidation sites excluding steroid dienone is 1. The van der Waals surface area contributed by atoms with Crippen molar-refractivity contribution in [2.24, 2.45) is 4.99 Å². The Morgan fingerprint density at radius 2 is 2.20 bits per heavy atom. The van der Waals surface area contributed by atoms with Crippen molar-refractivity contribution in [1.82, 2.24) is 4.98 Å². The van der Waals surface area contributed by atoms with Gasteiger partial charge in [-0.3, -0.25) is 0 Å². The van der Waals surface area contributed by atoms with Crippen LogP contribution in [0.3, 0.4) is 0 Å². The number of aryl methyl sites for hydroxylation is 1. The van der Waals surface area contributed by atoms with E-state index in [2.05, 4.69) is 41.8 Å². The summed E-state index contributed by atoms with van der Waals surface area (Å²) in [6, 6.07) is 6.21. The number of aromatic nitrogens is 1. The van der Waals surface area contributed by atoms with Gasteiger partial charge in [-0.25, -0.2) is 4.99 Å². The molecule has 0 aliphatic carbocycles. The van der Waals surface area contributed by atoms with Gasteiger partial charge in [-0.05, 0) is 32.2 Å². The summed E-state index contributed by atoms with van der Waals surface area (Å²) in [4.78, 5) is 7.27. The lowest BCUT2D eigenvalue weighted by molar-refractivity contribution is 1.38. The van der Waals surface area contributed by atoms with Crippen LogP contribution in [0.15, 0.2) is 29.3 Å². The predicted octanol–water partition coefficient (Wildman–Crippen LogP) is 3.84. The highest BCUT2D eigenvalue weighted by Gasteiger charge is 2.08. The van der Waals surface area contributed by atoms with Gasteiger partial charge >= 0.3 is 0 Å².